The molecule has 5 rings (SSSR count). The number of ether oxygens (including phenoxy) is 4. The molecule has 0 saturated heterocycles. The van der Waals surface area contributed by atoms with Gasteiger partial charge < -0.3 is 29.2 Å². The van der Waals surface area contributed by atoms with Gasteiger partial charge in [0, 0.05) is 24.0 Å². The molecule has 46 heavy (non-hydrogen) atoms. The Morgan fingerprint density at radius 3 is 1.41 bits per heavy atom. The summed E-state index contributed by atoms with van der Waals surface area (Å²) in [5, 5.41) is 21.0. The van der Waals surface area contributed by atoms with Crippen LogP contribution in [0.25, 0.3) is 0 Å². The highest BCUT2D eigenvalue weighted by atomic mass is 16.5. The molecule has 2 aromatic carbocycles. The summed E-state index contributed by atoms with van der Waals surface area (Å²) in [6, 6.07) is 0. The second-order valence-corrected chi connectivity index (χ2v) is 14.2. The molecule has 8 nitrogen and oxygen atoms in total. The van der Waals surface area contributed by atoms with Crippen LogP contribution in [0.2, 0.25) is 0 Å². The lowest BCUT2D eigenvalue weighted by molar-refractivity contribution is -0.162. The van der Waals surface area contributed by atoms with E-state index in [1.54, 1.807) is 0 Å². The summed E-state index contributed by atoms with van der Waals surface area (Å²) in [5.41, 5.74) is 6.31. The number of hydrogen-bond donors (Lipinski definition) is 2. The zero-order valence-electron chi connectivity index (χ0n) is 28.7. The quantitative estimate of drug-likeness (QED) is 0.231. The number of benzene rings is 2. The lowest BCUT2D eigenvalue weighted by Gasteiger charge is -2.38. The molecule has 0 amide bonds. The van der Waals surface area contributed by atoms with E-state index in [-0.39, 0.29) is 25.2 Å². The van der Waals surface area contributed by atoms with E-state index in [0.717, 1.165) is 81.7 Å². The van der Waals surface area contributed by atoms with Gasteiger partial charge in [0.05, 0.1) is 25.0 Å². The van der Waals surface area contributed by atoms with E-state index in [1.807, 2.05) is 67.5 Å². The van der Waals surface area contributed by atoms with Crippen LogP contribution in [0, 0.1) is 53.4 Å². The number of fused-ring (bicyclic) bond motifs is 2. The normalized spacial score (nSPS) is 25.1. The van der Waals surface area contributed by atoms with Crippen LogP contribution in [0.15, 0.2) is 12.2 Å². The summed E-state index contributed by atoms with van der Waals surface area (Å²) in [6.07, 6.45) is 8.82. The van der Waals surface area contributed by atoms with Crippen LogP contribution in [0.4, 0.5) is 0 Å². The molecule has 0 radical (unpaired) electrons. The number of carbonyl (C=O) groups excluding carboxylic acids is 2. The van der Waals surface area contributed by atoms with Gasteiger partial charge in [0.25, 0.3) is 0 Å². The first kappa shape index (κ1) is 33.7. The number of carbonyl (C=O) groups is 2. The molecule has 4 unspecified atom stereocenters. The number of phenolic OH excluding ortho intramolecular Hbond substituents is 2. The monoisotopic (exact) mass is 634 g/mol. The maximum atomic E-state index is 13.3. The third-order valence-electron chi connectivity index (χ3n) is 11.0. The van der Waals surface area contributed by atoms with Crippen LogP contribution < -0.4 is 9.47 Å². The minimum absolute atomic E-state index is 0.190. The van der Waals surface area contributed by atoms with E-state index in [4.69, 9.17) is 18.9 Å². The van der Waals surface area contributed by atoms with Crippen molar-refractivity contribution in [3.63, 3.8) is 0 Å². The maximum Gasteiger partial charge on any atom is 0.310 e. The molecule has 0 aromatic heterocycles. The van der Waals surface area contributed by atoms with Gasteiger partial charge in [-0.05, 0) is 127 Å². The molecule has 0 fully saturated rings. The summed E-state index contributed by atoms with van der Waals surface area (Å²) >= 11 is 0. The molecule has 2 N–H and O–H groups in total. The summed E-state index contributed by atoms with van der Waals surface area (Å²) in [5.74, 6) is 0.346. The van der Waals surface area contributed by atoms with Crippen molar-refractivity contribution in [2.75, 3.05) is 13.2 Å². The van der Waals surface area contributed by atoms with Crippen molar-refractivity contribution in [2.45, 2.75) is 118 Å². The van der Waals surface area contributed by atoms with Crippen molar-refractivity contribution in [1.29, 1.82) is 0 Å². The number of phenols is 2. The van der Waals surface area contributed by atoms with Crippen LogP contribution in [0.5, 0.6) is 23.0 Å². The Hall–Kier alpha value is -3.68. The van der Waals surface area contributed by atoms with Gasteiger partial charge in [-0.25, -0.2) is 0 Å². The fraction of sp³-hybridized carbons (Fsp3) is 0.579. The molecule has 0 spiro atoms. The molecular weight excluding hydrogens is 584 g/mol. The smallest absolute Gasteiger partial charge is 0.310 e. The van der Waals surface area contributed by atoms with Crippen LogP contribution in [0.3, 0.4) is 0 Å². The third-order valence-corrected chi connectivity index (χ3v) is 11.0. The van der Waals surface area contributed by atoms with Gasteiger partial charge in [-0.2, -0.15) is 0 Å². The van der Waals surface area contributed by atoms with Gasteiger partial charge in [0.1, 0.15) is 34.2 Å². The van der Waals surface area contributed by atoms with Crippen molar-refractivity contribution in [3.05, 3.63) is 56.7 Å². The summed E-state index contributed by atoms with van der Waals surface area (Å²) in [4.78, 5) is 26.5. The molecule has 0 saturated carbocycles. The number of hydrogen-bond acceptors (Lipinski definition) is 8. The molecule has 4 atom stereocenters. The minimum atomic E-state index is -0.594. The van der Waals surface area contributed by atoms with Crippen molar-refractivity contribution in [2.24, 2.45) is 11.8 Å². The minimum Gasteiger partial charge on any atom is -0.507 e. The zero-order chi connectivity index (χ0) is 33.6. The first-order valence-corrected chi connectivity index (χ1v) is 16.7. The average Bonchev–Trinajstić information content (AvgIpc) is 3.04. The molecule has 2 aliphatic heterocycles. The average molecular weight is 635 g/mol. The molecule has 2 aromatic rings. The standard InChI is InChI=1S/C38H50O8/c1-21-23(3)33-27(25(5)31(21)39)13-15-37(7,45-33)17-19-43-35(41)29-11-9-10-12-30(29)36(42)44-20-18-38(8)16-14-28-26(6)32(40)22(2)24(4)34(28)46-38/h9-10,29-30,39-40H,11-20H2,1-8H3. The van der Waals surface area contributed by atoms with Gasteiger partial charge >= 0.3 is 11.9 Å². The van der Waals surface area contributed by atoms with Gasteiger partial charge in [0.15, 0.2) is 0 Å². The van der Waals surface area contributed by atoms with Gasteiger partial charge in [-0.3, -0.25) is 9.59 Å². The Kier molecular flexibility index (Phi) is 9.40. The van der Waals surface area contributed by atoms with Gasteiger partial charge in [0.2, 0.25) is 0 Å². The fourth-order valence-corrected chi connectivity index (χ4v) is 7.23. The van der Waals surface area contributed by atoms with Crippen molar-refractivity contribution in [3.8, 4) is 23.0 Å². The number of esters is 2. The van der Waals surface area contributed by atoms with Crippen LogP contribution in [0.1, 0.15) is 96.9 Å². The second-order valence-electron chi connectivity index (χ2n) is 14.2. The Balaban J connectivity index is 1.14. The summed E-state index contributed by atoms with van der Waals surface area (Å²) < 4.78 is 24.5. The highest BCUT2D eigenvalue weighted by Gasteiger charge is 2.39. The van der Waals surface area contributed by atoms with Gasteiger partial charge in [-0.1, -0.05) is 12.2 Å². The first-order valence-electron chi connectivity index (χ1n) is 16.7. The van der Waals surface area contributed by atoms with Crippen LogP contribution in [-0.2, 0) is 31.9 Å². The maximum absolute atomic E-state index is 13.3. The Bertz CT molecular complexity index is 1460. The van der Waals surface area contributed by atoms with Gasteiger partial charge in [-0.15, -0.1) is 0 Å². The second kappa shape index (κ2) is 12.8. The molecule has 1 aliphatic carbocycles. The van der Waals surface area contributed by atoms with Crippen molar-refractivity contribution < 1.29 is 38.7 Å². The summed E-state index contributed by atoms with van der Waals surface area (Å²) in [6.45, 7) is 16.0. The van der Waals surface area contributed by atoms with E-state index in [9.17, 15) is 19.8 Å². The molecule has 3 aliphatic rings. The lowest BCUT2D eigenvalue weighted by Crippen LogP contribution is -2.40. The molecular formula is C38H50O8. The topological polar surface area (TPSA) is 112 Å². The van der Waals surface area contributed by atoms with Crippen LogP contribution in [-0.4, -0.2) is 46.6 Å². The molecule has 8 heteroatoms. The Labute approximate surface area is 273 Å². The molecule has 0 bridgehead atoms. The third kappa shape index (κ3) is 6.32. The summed E-state index contributed by atoms with van der Waals surface area (Å²) in [7, 11) is 0. The van der Waals surface area contributed by atoms with E-state index in [0.29, 0.717) is 37.2 Å². The van der Waals surface area contributed by atoms with Crippen LogP contribution >= 0.6 is 0 Å². The highest BCUT2D eigenvalue weighted by molar-refractivity contribution is 5.82. The molecule has 250 valence electrons. The van der Waals surface area contributed by atoms with E-state index < -0.39 is 23.0 Å². The first-order chi connectivity index (χ1) is 21.7. The van der Waals surface area contributed by atoms with Crippen molar-refractivity contribution in [1.82, 2.24) is 0 Å². The molecule has 2 heterocycles. The van der Waals surface area contributed by atoms with E-state index in [2.05, 4.69) is 0 Å². The van der Waals surface area contributed by atoms with E-state index >= 15 is 0 Å². The predicted molar refractivity (Wildman–Crippen MR) is 176 cm³/mol. The number of aromatic hydroxyl groups is 2. The largest absolute Gasteiger partial charge is 0.507 e. The Morgan fingerprint density at radius 1 is 0.674 bits per heavy atom. The zero-order valence-corrected chi connectivity index (χ0v) is 28.7. The predicted octanol–water partition coefficient (Wildman–Crippen LogP) is 7.26. The Morgan fingerprint density at radius 2 is 1.04 bits per heavy atom. The number of rotatable bonds is 8. The fourth-order valence-electron chi connectivity index (χ4n) is 7.23. The van der Waals surface area contributed by atoms with E-state index in [1.165, 1.54) is 0 Å². The number of allylic oxidation sites excluding steroid dienone is 2. The lowest BCUT2D eigenvalue weighted by atomic mass is 9.83. The van der Waals surface area contributed by atoms with Crippen molar-refractivity contribution >= 4 is 11.9 Å². The highest BCUT2D eigenvalue weighted by Crippen LogP contribution is 2.45. The SMILES string of the molecule is Cc1c(C)c2c(c(C)c1O)CCC(C)(CCOC(=O)C1CC=CCC1C(=O)OCCC1(C)CCc3c(C)c(O)c(C)c(C)c3O1)O2.